The van der Waals surface area contributed by atoms with E-state index >= 15 is 0 Å². The molecule has 6 nitrogen and oxygen atoms in total. The Hall–Kier alpha value is -2.25. The molecular formula is C23H31FN4O2. The van der Waals surface area contributed by atoms with Gasteiger partial charge in [0.25, 0.3) is 0 Å². The maximum atomic E-state index is 13.7. The second-order valence-electron chi connectivity index (χ2n) is 8.46. The molecule has 0 radical (unpaired) electrons. The van der Waals surface area contributed by atoms with Gasteiger partial charge in [-0.2, -0.15) is 0 Å². The zero-order valence-electron chi connectivity index (χ0n) is 17.5. The third-order valence-corrected chi connectivity index (χ3v) is 6.61. The number of hydrogen-bond acceptors (Lipinski definition) is 4. The Balaban J connectivity index is 1.18. The van der Waals surface area contributed by atoms with E-state index in [1.54, 1.807) is 23.1 Å². The number of hydrogen-bond donors (Lipinski definition) is 0. The van der Waals surface area contributed by atoms with Crippen molar-refractivity contribution in [3.05, 3.63) is 41.7 Å². The number of amides is 2. The van der Waals surface area contributed by atoms with E-state index in [1.165, 1.54) is 37.5 Å². The van der Waals surface area contributed by atoms with E-state index in [9.17, 15) is 14.0 Å². The van der Waals surface area contributed by atoms with Crippen molar-refractivity contribution in [1.82, 2.24) is 19.6 Å². The summed E-state index contributed by atoms with van der Waals surface area (Å²) in [5.74, 6) is -0.253. The van der Waals surface area contributed by atoms with Crippen LogP contribution in [0.25, 0.3) is 6.08 Å². The zero-order chi connectivity index (χ0) is 20.9. The van der Waals surface area contributed by atoms with E-state index in [0.717, 1.165) is 32.2 Å². The SMILES string of the molecule is O=C(C=Cc1ccccc1F)N1CCN(CC(=O)N2CCN(C3CCC3)CC2)CC1. The predicted molar refractivity (Wildman–Crippen MR) is 114 cm³/mol. The molecule has 7 heteroatoms. The molecule has 0 aromatic heterocycles. The molecule has 3 fully saturated rings. The van der Waals surface area contributed by atoms with Crippen LogP contribution in [0, 0.1) is 5.82 Å². The third kappa shape index (κ3) is 5.08. The van der Waals surface area contributed by atoms with Gasteiger partial charge in [-0.15, -0.1) is 0 Å². The summed E-state index contributed by atoms with van der Waals surface area (Å²) in [6.07, 6.45) is 6.92. The van der Waals surface area contributed by atoms with Gasteiger partial charge in [0.1, 0.15) is 5.82 Å². The van der Waals surface area contributed by atoms with Crippen molar-refractivity contribution >= 4 is 17.9 Å². The van der Waals surface area contributed by atoms with Crippen molar-refractivity contribution in [3.63, 3.8) is 0 Å². The summed E-state index contributed by atoms with van der Waals surface area (Å²) < 4.78 is 13.7. The maximum absolute atomic E-state index is 13.7. The predicted octanol–water partition coefficient (Wildman–Crippen LogP) is 1.68. The van der Waals surface area contributed by atoms with Crippen molar-refractivity contribution in [2.24, 2.45) is 0 Å². The minimum absolute atomic E-state index is 0.114. The summed E-state index contributed by atoms with van der Waals surface area (Å²) >= 11 is 0. The molecule has 2 saturated heterocycles. The molecule has 0 N–H and O–H groups in total. The van der Waals surface area contributed by atoms with Gasteiger partial charge in [-0.25, -0.2) is 4.39 Å². The first-order chi connectivity index (χ1) is 14.6. The van der Waals surface area contributed by atoms with Gasteiger partial charge < -0.3 is 9.80 Å². The molecular weight excluding hydrogens is 383 g/mol. The Morgan fingerprint density at radius 1 is 0.933 bits per heavy atom. The van der Waals surface area contributed by atoms with E-state index < -0.39 is 0 Å². The van der Waals surface area contributed by atoms with Gasteiger partial charge in [0, 0.05) is 70.0 Å². The molecule has 2 amide bonds. The highest BCUT2D eigenvalue weighted by Gasteiger charge is 2.30. The number of benzene rings is 1. The second kappa shape index (κ2) is 9.71. The fraction of sp³-hybridized carbons (Fsp3) is 0.565. The lowest BCUT2D eigenvalue weighted by molar-refractivity contribution is -0.135. The van der Waals surface area contributed by atoms with E-state index in [-0.39, 0.29) is 17.6 Å². The quantitative estimate of drug-likeness (QED) is 0.688. The fourth-order valence-electron chi connectivity index (χ4n) is 4.38. The van der Waals surface area contributed by atoms with Gasteiger partial charge in [-0.05, 0) is 25.0 Å². The summed E-state index contributed by atoms with van der Waals surface area (Å²) in [7, 11) is 0. The van der Waals surface area contributed by atoms with Crippen molar-refractivity contribution in [2.45, 2.75) is 25.3 Å². The number of halogens is 1. The third-order valence-electron chi connectivity index (χ3n) is 6.61. The van der Waals surface area contributed by atoms with Crippen molar-refractivity contribution in [2.75, 3.05) is 58.9 Å². The number of carbonyl (C=O) groups excluding carboxylic acids is 2. The van der Waals surface area contributed by atoms with Crippen LogP contribution in [0.4, 0.5) is 4.39 Å². The Morgan fingerprint density at radius 2 is 1.60 bits per heavy atom. The number of rotatable bonds is 5. The molecule has 30 heavy (non-hydrogen) atoms. The van der Waals surface area contributed by atoms with Gasteiger partial charge in [0.15, 0.2) is 0 Å². The smallest absolute Gasteiger partial charge is 0.246 e. The molecule has 2 heterocycles. The topological polar surface area (TPSA) is 47.1 Å². The molecule has 0 bridgehead atoms. The number of nitrogens with zero attached hydrogens (tertiary/aromatic N) is 4. The Kier molecular flexibility index (Phi) is 6.79. The average Bonchev–Trinajstić information content (AvgIpc) is 2.73. The van der Waals surface area contributed by atoms with Crippen molar-refractivity contribution in [3.8, 4) is 0 Å². The summed E-state index contributed by atoms with van der Waals surface area (Å²) in [4.78, 5) is 33.5. The highest BCUT2D eigenvalue weighted by atomic mass is 19.1. The van der Waals surface area contributed by atoms with Gasteiger partial charge in [0.05, 0.1) is 6.54 Å². The molecule has 2 aliphatic heterocycles. The molecule has 0 spiro atoms. The highest BCUT2D eigenvalue weighted by Crippen LogP contribution is 2.25. The van der Waals surface area contributed by atoms with Crippen LogP contribution in [-0.2, 0) is 9.59 Å². The summed E-state index contributed by atoms with van der Waals surface area (Å²) in [5.41, 5.74) is 0.410. The Bertz CT molecular complexity index is 779. The van der Waals surface area contributed by atoms with Crippen LogP contribution in [0.2, 0.25) is 0 Å². The van der Waals surface area contributed by atoms with Crippen LogP contribution in [0.5, 0.6) is 0 Å². The molecule has 4 rings (SSSR count). The monoisotopic (exact) mass is 414 g/mol. The zero-order valence-corrected chi connectivity index (χ0v) is 17.5. The van der Waals surface area contributed by atoms with Crippen LogP contribution in [-0.4, -0.2) is 96.4 Å². The molecule has 1 aromatic carbocycles. The minimum atomic E-state index is -0.335. The molecule has 3 aliphatic rings. The maximum Gasteiger partial charge on any atom is 0.246 e. The van der Waals surface area contributed by atoms with Crippen LogP contribution in [0.15, 0.2) is 30.3 Å². The second-order valence-corrected chi connectivity index (χ2v) is 8.46. The fourth-order valence-corrected chi connectivity index (χ4v) is 4.38. The van der Waals surface area contributed by atoms with E-state index in [1.807, 2.05) is 4.90 Å². The van der Waals surface area contributed by atoms with E-state index in [2.05, 4.69) is 9.80 Å². The van der Waals surface area contributed by atoms with E-state index in [4.69, 9.17) is 0 Å². The number of carbonyl (C=O) groups is 2. The Morgan fingerprint density at radius 3 is 2.23 bits per heavy atom. The first-order valence-electron chi connectivity index (χ1n) is 11.1. The Labute approximate surface area is 177 Å². The lowest BCUT2D eigenvalue weighted by atomic mass is 9.91. The number of piperazine rings is 2. The van der Waals surface area contributed by atoms with Crippen LogP contribution < -0.4 is 0 Å². The first kappa shape index (κ1) is 21.0. The minimum Gasteiger partial charge on any atom is -0.339 e. The first-order valence-corrected chi connectivity index (χ1v) is 11.1. The van der Waals surface area contributed by atoms with Gasteiger partial charge in [-0.3, -0.25) is 19.4 Å². The van der Waals surface area contributed by atoms with Crippen molar-refractivity contribution < 1.29 is 14.0 Å². The normalized spacial score (nSPS) is 21.8. The molecule has 0 unspecified atom stereocenters. The molecule has 0 atom stereocenters. The largest absolute Gasteiger partial charge is 0.339 e. The van der Waals surface area contributed by atoms with Crippen LogP contribution in [0.3, 0.4) is 0 Å². The summed E-state index contributed by atoms with van der Waals surface area (Å²) in [6, 6.07) is 7.15. The highest BCUT2D eigenvalue weighted by molar-refractivity contribution is 5.91. The van der Waals surface area contributed by atoms with Crippen LogP contribution in [0.1, 0.15) is 24.8 Å². The lowest BCUT2D eigenvalue weighted by Gasteiger charge is -2.43. The van der Waals surface area contributed by atoms with Gasteiger partial charge >= 0.3 is 0 Å². The summed E-state index contributed by atoms with van der Waals surface area (Å²) in [5, 5.41) is 0. The summed E-state index contributed by atoms with van der Waals surface area (Å²) in [6.45, 7) is 6.62. The molecule has 1 saturated carbocycles. The van der Waals surface area contributed by atoms with Crippen LogP contribution >= 0.6 is 0 Å². The van der Waals surface area contributed by atoms with Gasteiger partial charge in [0.2, 0.25) is 11.8 Å². The molecule has 1 aromatic rings. The van der Waals surface area contributed by atoms with Gasteiger partial charge in [-0.1, -0.05) is 24.6 Å². The van der Waals surface area contributed by atoms with Crippen molar-refractivity contribution in [1.29, 1.82) is 0 Å². The lowest BCUT2D eigenvalue weighted by Crippen LogP contribution is -2.56. The molecule has 162 valence electrons. The standard InChI is InChI=1S/C23H31FN4O2/c24-21-7-2-1-4-19(21)8-9-22(29)27-12-10-25(11-13-27)18-23(30)28-16-14-26(15-17-28)20-5-3-6-20/h1-2,4,7-9,20H,3,5-6,10-18H2. The van der Waals surface area contributed by atoms with E-state index in [0.29, 0.717) is 38.3 Å². The molecule has 1 aliphatic carbocycles. The average molecular weight is 415 g/mol.